The second-order valence-corrected chi connectivity index (χ2v) is 7.45. The Labute approximate surface area is 138 Å². The Balaban J connectivity index is 1.56. The Bertz CT molecular complexity index is 634. The van der Waals surface area contributed by atoms with Crippen molar-refractivity contribution in [2.24, 2.45) is 0 Å². The monoisotopic (exact) mass is 336 g/mol. The first kappa shape index (κ1) is 15.6. The molecule has 22 heavy (non-hydrogen) atoms. The quantitative estimate of drug-likeness (QED) is 0.730. The summed E-state index contributed by atoms with van der Waals surface area (Å²) in [5.41, 5.74) is 0. The third-order valence-corrected chi connectivity index (χ3v) is 5.54. The normalized spacial score (nSPS) is 14.3. The van der Waals surface area contributed by atoms with Gasteiger partial charge in [0.1, 0.15) is 5.82 Å². The molecule has 2 aromatic heterocycles. The molecule has 1 aliphatic carbocycles. The summed E-state index contributed by atoms with van der Waals surface area (Å²) in [5, 5.41) is 11.5. The van der Waals surface area contributed by atoms with Gasteiger partial charge in [0.2, 0.25) is 5.91 Å². The van der Waals surface area contributed by atoms with E-state index < -0.39 is 0 Å². The summed E-state index contributed by atoms with van der Waals surface area (Å²) in [6, 6.07) is 4.06. The van der Waals surface area contributed by atoms with Gasteiger partial charge < -0.3 is 9.47 Å². The molecule has 2 aromatic rings. The molecule has 3 rings (SSSR count). The van der Waals surface area contributed by atoms with Gasteiger partial charge >= 0.3 is 0 Å². The highest BCUT2D eigenvalue weighted by Gasteiger charge is 2.30. The molecule has 0 bridgehead atoms. The molecule has 7 heteroatoms. The van der Waals surface area contributed by atoms with Crippen molar-refractivity contribution < 1.29 is 4.79 Å². The van der Waals surface area contributed by atoms with Crippen LogP contribution < -0.4 is 0 Å². The molecular weight excluding hydrogens is 316 g/mol. The highest BCUT2D eigenvalue weighted by atomic mass is 32.2. The van der Waals surface area contributed by atoms with Crippen LogP contribution in [-0.2, 0) is 17.9 Å². The number of aromatic nitrogens is 3. The van der Waals surface area contributed by atoms with Crippen molar-refractivity contribution in [1.82, 2.24) is 19.7 Å². The third kappa shape index (κ3) is 3.52. The number of hydrogen-bond donors (Lipinski definition) is 0. The van der Waals surface area contributed by atoms with Crippen LogP contribution in [0.15, 0.2) is 22.7 Å². The van der Waals surface area contributed by atoms with Gasteiger partial charge in [-0.3, -0.25) is 4.79 Å². The Morgan fingerprint density at radius 1 is 1.50 bits per heavy atom. The average Bonchev–Trinajstić information content (AvgIpc) is 3.08. The van der Waals surface area contributed by atoms with Gasteiger partial charge in [-0.25, -0.2) is 0 Å². The summed E-state index contributed by atoms with van der Waals surface area (Å²) < 4.78 is 2.15. The lowest BCUT2D eigenvalue weighted by atomic mass is 10.4. The van der Waals surface area contributed by atoms with E-state index in [2.05, 4.69) is 27.8 Å². The van der Waals surface area contributed by atoms with E-state index >= 15 is 0 Å². The molecule has 2 heterocycles. The third-order valence-electron chi connectivity index (χ3n) is 3.73. The average molecular weight is 336 g/mol. The second-order valence-electron chi connectivity index (χ2n) is 5.48. The molecule has 5 nitrogen and oxygen atoms in total. The predicted molar refractivity (Wildman–Crippen MR) is 89.2 cm³/mol. The molecule has 1 saturated carbocycles. The van der Waals surface area contributed by atoms with E-state index in [1.165, 1.54) is 29.5 Å². The van der Waals surface area contributed by atoms with Gasteiger partial charge in [-0.2, -0.15) is 0 Å². The maximum atomic E-state index is 12.2. The van der Waals surface area contributed by atoms with Gasteiger partial charge in [0, 0.05) is 24.4 Å². The molecular formula is C15H20N4OS2. The van der Waals surface area contributed by atoms with Gasteiger partial charge in [-0.1, -0.05) is 17.8 Å². The lowest BCUT2D eigenvalue weighted by Crippen LogP contribution is -2.27. The number of carbonyl (C=O) groups excluding carboxylic acids is 1. The molecule has 0 aromatic carbocycles. The van der Waals surface area contributed by atoms with Crippen molar-refractivity contribution in [3.8, 4) is 0 Å². The van der Waals surface area contributed by atoms with E-state index in [1.807, 2.05) is 18.5 Å². The lowest BCUT2D eigenvalue weighted by molar-refractivity contribution is -0.127. The maximum absolute atomic E-state index is 12.2. The fraction of sp³-hybridized carbons (Fsp3) is 0.533. The Morgan fingerprint density at radius 2 is 2.32 bits per heavy atom. The molecule has 0 atom stereocenters. The summed E-state index contributed by atoms with van der Waals surface area (Å²) in [6.45, 7) is 3.63. The number of thioether (sulfide) groups is 1. The van der Waals surface area contributed by atoms with E-state index in [0.717, 1.165) is 17.5 Å². The zero-order valence-electron chi connectivity index (χ0n) is 12.9. The van der Waals surface area contributed by atoms with Gasteiger partial charge in [0.25, 0.3) is 0 Å². The molecule has 0 aliphatic heterocycles. The smallest absolute Gasteiger partial charge is 0.233 e. The number of nitrogens with zero attached hydrogens (tertiary/aromatic N) is 4. The zero-order valence-corrected chi connectivity index (χ0v) is 14.5. The topological polar surface area (TPSA) is 51.0 Å². The van der Waals surface area contributed by atoms with E-state index in [-0.39, 0.29) is 5.91 Å². The minimum absolute atomic E-state index is 0.122. The van der Waals surface area contributed by atoms with Crippen molar-refractivity contribution in [1.29, 1.82) is 0 Å². The fourth-order valence-corrected chi connectivity index (χ4v) is 4.02. The number of rotatable bonds is 7. The summed E-state index contributed by atoms with van der Waals surface area (Å²) in [5.74, 6) is 2.20. The van der Waals surface area contributed by atoms with Gasteiger partial charge in [0.15, 0.2) is 5.16 Å². The van der Waals surface area contributed by atoms with E-state index in [9.17, 15) is 4.79 Å². The van der Waals surface area contributed by atoms with Crippen molar-refractivity contribution in [2.75, 3.05) is 12.8 Å². The predicted octanol–water partition coefficient (Wildman–Crippen LogP) is 2.99. The van der Waals surface area contributed by atoms with Gasteiger partial charge in [0.05, 0.1) is 12.3 Å². The molecule has 0 N–H and O–H groups in total. The molecule has 1 amide bonds. The van der Waals surface area contributed by atoms with Crippen LogP contribution in [0, 0.1) is 0 Å². The van der Waals surface area contributed by atoms with Crippen molar-refractivity contribution in [2.45, 2.75) is 43.9 Å². The van der Waals surface area contributed by atoms with E-state index in [4.69, 9.17) is 0 Å². The van der Waals surface area contributed by atoms with E-state index in [0.29, 0.717) is 18.2 Å². The molecule has 0 radical (unpaired) electrons. The van der Waals surface area contributed by atoms with Crippen molar-refractivity contribution in [3.63, 3.8) is 0 Å². The minimum atomic E-state index is 0.122. The first-order valence-electron chi connectivity index (χ1n) is 7.51. The second kappa shape index (κ2) is 6.83. The molecule has 118 valence electrons. The fourth-order valence-electron chi connectivity index (χ4n) is 2.31. The maximum Gasteiger partial charge on any atom is 0.233 e. The van der Waals surface area contributed by atoms with Crippen molar-refractivity contribution in [3.05, 3.63) is 28.2 Å². The molecule has 0 spiro atoms. The number of hydrogen-bond acceptors (Lipinski definition) is 5. The van der Waals surface area contributed by atoms with Gasteiger partial charge in [-0.05, 0) is 31.2 Å². The lowest BCUT2D eigenvalue weighted by Gasteiger charge is -2.15. The van der Waals surface area contributed by atoms with Crippen molar-refractivity contribution >= 4 is 29.0 Å². The van der Waals surface area contributed by atoms with Crippen LogP contribution >= 0.6 is 23.1 Å². The van der Waals surface area contributed by atoms with Crippen LogP contribution in [-0.4, -0.2) is 38.4 Å². The zero-order chi connectivity index (χ0) is 15.5. The summed E-state index contributed by atoms with van der Waals surface area (Å²) in [6.07, 6.45) is 2.43. The number of carbonyl (C=O) groups is 1. The van der Waals surface area contributed by atoms with Crippen LogP contribution in [0.4, 0.5) is 0 Å². The molecule has 0 unspecified atom stereocenters. The number of thiophene rings is 1. The highest BCUT2D eigenvalue weighted by molar-refractivity contribution is 7.99. The van der Waals surface area contributed by atoms with E-state index in [1.54, 1.807) is 16.2 Å². The summed E-state index contributed by atoms with van der Waals surface area (Å²) in [4.78, 5) is 15.2. The standard InChI is InChI=1S/C15H20N4OS2/c1-3-19-14(11-6-7-11)16-17-15(19)22-10-13(20)18(2)9-12-5-4-8-21-12/h4-5,8,11H,3,6-7,9-10H2,1-2H3. The van der Waals surface area contributed by atoms with Crippen LogP contribution in [0.1, 0.15) is 36.4 Å². The Kier molecular flexibility index (Phi) is 4.83. The Morgan fingerprint density at radius 3 is 2.95 bits per heavy atom. The largest absolute Gasteiger partial charge is 0.340 e. The van der Waals surface area contributed by atoms with Crippen LogP contribution in [0.3, 0.4) is 0 Å². The van der Waals surface area contributed by atoms with Crippen LogP contribution in [0.5, 0.6) is 0 Å². The first-order valence-corrected chi connectivity index (χ1v) is 9.37. The minimum Gasteiger partial charge on any atom is -0.340 e. The number of amides is 1. The molecule has 1 fully saturated rings. The summed E-state index contributed by atoms with van der Waals surface area (Å²) in [7, 11) is 1.85. The SMILES string of the molecule is CCn1c(SCC(=O)N(C)Cc2cccs2)nnc1C1CC1. The highest BCUT2D eigenvalue weighted by Crippen LogP contribution is 2.39. The summed E-state index contributed by atoms with van der Waals surface area (Å²) >= 11 is 3.16. The molecule has 0 saturated heterocycles. The van der Waals surface area contributed by atoms with Crippen LogP contribution in [0.25, 0.3) is 0 Å². The molecule has 1 aliphatic rings. The van der Waals surface area contributed by atoms with Gasteiger partial charge in [-0.15, -0.1) is 21.5 Å². The Hall–Kier alpha value is -1.34. The van der Waals surface area contributed by atoms with Crippen LogP contribution in [0.2, 0.25) is 0 Å². The first-order chi connectivity index (χ1) is 10.7.